The highest BCUT2D eigenvalue weighted by atomic mass is 16.5. The summed E-state index contributed by atoms with van der Waals surface area (Å²) in [5.74, 6) is 1.34. The molecule has 1 amide bonds. The van der Waals surface area contributed by atoms with Crippen LogP contribution in [-0.2, 0) is 6.42 Å². The molecule has 1 aliphatic carbocycles. The number of carbonyl (C=O) groups excluding carboxylic acids is 1. The Balaban J connectivity index is 1.37. The number of fused-ring (bicyclic) bond motifs is 1. The molecule has 1 atom stereocenters. The lowest BCUT2D eigenvalue weighted by molar-refractivity contribution is 0.0929. The van der Waals surface area contributed by atoms with Gasteiger partial charge in [0.05, 0.1) is 6.61 Å². The lowest BCUT2D eigenvalue weighted by Gasteiger charge is -2.25. The fourth-order valence-electron chi connectivity index (χ4n) is 3.11. The molecular weight excluding hydrogens is 276 g/mol. The average Bonchev–Trinajstić information content (AvgIpc) is 3.29. The van der Waals surface area contributed by atoms with Crippen molar-refractivity contribution in [1.29, 1.82) is 0 Å². The van der Waals surface area contributed by atoms with E-state index in [9.17, 15) is 4.79 Å². The van der Waals surface area contributed by atoms with Crippen molar-refractivity contribution < 1.29 is 9.53 Å². The monoisotopic (exact) mass is 296 g/mol. The third-order valence-electron chi connectivity index (χ3n) is 4.46. The highest BCUT2D eigenvalue weighted by Crippen LogP contribution is 2.36. The number of aromatic nitrogens is 1. The maximum absolute atomic E-state index is 12.4. The van der Waals surface area contributed by atoms with Crippen molar-refractivity contribution in [3.63, 3.8) is 0 Å². The van der Waals surface area contributed by atoms with Gasteiger partial charge in [-0.15, -0.1) is 0 Å². The predicted molar refractivity (Wildman–Crippen MR) is 84.2 cm³/mol. The maximum atomic E-state index is 12.4. The number of amides is 1. The molecule has 4 nitrogen and oxygen atoms in total. The molecule has 0 radical (unpaired) electrons. The van der Waals surface area contributed by atoms with Gasteiger partial charge in [0.1, 0.15) is 11.4 Å². The molecule has 1 aromatic carbocycles. The molecule has 22 heavy (non-hydrogen) atoms. The standard InChI is InChI=1S/C18H20N2O2/c21-18(16-5-3-9-20(16)15-7-8-15)19-11-13-10-14-4-1-2-6-17(14)22-12-13/h1-6,9,13,15H,7-8,10-12H2,(H,19,21). The number of benzene rings is 1. The average molecular weight is 296 g/mol. The molecule has 4 heteroatoms. The lowest BCUT2D eigenvalue weighted by atomic mass is 9.97. The van der Waals surface area contributed by atoms with Gasteiger partial charge < -0.3 is 14.6 Å². The minimum absolute atomic E-state index is 0.0239. The zero-order valence-corrected chi connectivity index (χ0v) is 12.5. The Morgan fingerprint density at radius 2 is 2.09 bits per heavy atom. The van der Waals surface area contributed by atoms with Gasteiger partial charge in [-0.25, -0.2) is 0 Å². The summed E-state index contributed by atoms with van der Waals surface area (Å²) >= 11 is 0. The fraction of sp³-hybridized carbons (Fsp3) is 0.389. The lowest BCUT2D eigenvalue weighted by Crippen LogP contribution is -2.35. The maximum Gasteiger partial charge on any atom is 0.267 e. The van der Waals surface area contributed by atoms with Crippen molar-refractivity contribution in [3.8, 4) is 5.75 Å². The van der Waals surface area contributed by atoms with Crippen LogP contribution in [0.15, 0.2) is 42.6 Å². The van der Waals surface area contributed by atoms with Crippen LogP contribution >= 0.6 is 0 Å². The first-order valence-corrected chi connectivity index (χ1v) is 7.97. The number of nitrogens with zero attached hydrogens (tertiary/aromatic N) is 1. The van der Waals surface area contributed by atoms with E-state index in [1.165, 1.54) is 18.4 Å². The normalized spacial score (nSPS) is 20.1. The van der Waals surface area contributed by atoms with Crippen LogP contribution < -0.4 is 10.1 Å². The van der Waals surface area contributed by atoms with Gasteiger partial charge >= 0.3 is 0 Å². The summed E-state index contributed by atoms with van der Waals surface area (Å²) in [5.41, 5.74) is 2.01. The van der Waals surface area contributed by atoms with Gasteiger partial charge in [0.25, 0.3) is 5.91 Å². The number of para-hydroxylation sites is 1. The SMILES string of the molecule is O=C(NCC1COc2ccccc2C1)c1cccn1C1CC1. The molecule has 2 heterocycles. The van der Waals surface area contributed by atoms with Crippen LogP contribution in [-0.4, -0.2) is 23.6 Å². The second-order valence-electron chi connectivity index (χ2n) is 6.23. The quantitative estimate of drug-likeness (QED) is 0.943. The van der Waals surface area contributed by atoms with Gasteiger partial charge in [-0.2, -0.15) is 0 Å². The van der Waals surface area contributed by atoms with Crippen molar-refractivity contribution in [3.05, 3.63) is 53.9 Å². The Bertz CT molecular complexity index is 688. The number of carbonyl (C=O) groups is 1. The third kappa shape index (κ3) is 2.61. The Kier molecular flexibility index (Phi) is 3.37. The Labute approximate surface area is 130 Å². The van der Waals surface area contributed by atoms with Crippen LogP contribution in [0.5, 0.6) is 5.75 Å². The van der Waals surface area contributed by atoms with Gasteiger partial charge in [0.15, 0.2) is 0 Å². The van der Waals surface area contributed by atoms with E-state index in [0.29, 0.717) is 25.1 Å². The Morgan fingerprint density at radius 1 is 1.23 bits per heavy atom. The Hall–Kier alpha value is -2.23. The van der Waals surface area contributed by atoms with Crippen molar-refractivity contribution in [1.82, 2.24) is 9.88 Å². The summed E-state index contributed by atoms with van der Waals surface area (Å²) < 4.78 is 7.87. The summed E-state index contributed by atoms with van der Waals surface area (Å²) in [6, 6.07) is 12.5. The summed E-state index contributed by atoms with van der Waals surface area (Å²) in [6.07, 6.45) is 5.33. The van der Waals surface area contributed by atoms with Gasteiger partial charge in [-0.1, -0.05) is 18.2 Å². The molecule has 1 unspecified atom stereocenters. The molecule has 1 fully saturated rings. The van der Waals surface area contributed by atoms with Gasteiger partial charge in [0, 0.05) is 24.7 Å². The number of hydrogen-bond donors (Lipinski definition) is 1. The van der Waals surface area contributed by atoms with Gasteiger partial charge in [0.2, 0.25) is 0 Å². The first-order chi connectivity index (χ1) is 10.8. The highest BCUT2D eigenvalue weighted by Gasteiger charge is 2.27. The zero-order chi connectivity index (χ0) is 14.9. The van der Waals surface area contributed by atoms with E-state index in [0.717, 1.165) is 17.9 Å². The topological polar surface area (TPSA) is 43.3 Å². The minimum atomic E-state index is 0.0239. The van der Waals surface area contributed by atoms with E-state index in [2.05, 4.69) is 16.0 Å². The molecule has 0 spiro atoms. The van der Waals surface area contributed by atoms with Crippen molar-refractivity contribution in [2.24, 2.45) is 5.92 Å². The van der Waals surface area contributed by atoms with Crippen LogP contribution in [0.4, 0.5) is 0 Å². The minimum Gasteiger partial charge on any atom is -0.493 e. The zero-order valence-electron chi connectivity index (χ0n) is 12.5. The molecular formula is C18H20N2O2. The van der Waals surface area contributed by atoms with Gasteiger partial charge in [-0.3, -0.25) is 4.79 Å². The van der Waals surface area contributed by atoms with Crippen LogP contribution in [0.3, 0.4) is 0 Å². The fourth-order valence-corrected chi connectivity index (χ4v) is 3.11. The van der Waals surface area contributed by atoms with E-state index < -0.39 is 0 Å². The number of rotatable bonds is 4. The molecule has 1 aliphatic heterocycles. The molecule has 1 aromatic heterocycles. The number of nitrogens with one attached hydrogen (secondary N) is 1. The number of ether oxygens (including phenoxy) is 1. The smallest absolute Gasteiger partial charge is 0.267 e. The highest BCUT2D eigenvalue weighted by molar-refractivity contribution is 5.92. The van der Waals surface area contributed by atoms with E-state index in [1.807, 2.05) is 36.5 Å². The first-order valence-electron chi connectivity index (χ1n) is 7.97. The molecule has 2 aliphatic rings. The van der Waals surface area contributed by atoms with Crippen LogP contribution in [0, 0.1) is 5.92 Å². The summed E-state index contributed by atoms with van der Waals surface area (Å²) in [6.45, 7) is 1.32. The summed E-state index contributed by atoms with van der Waals surface area (Å²) in [4.78, 5) is 12.4. The predicted octanol–water partition coefficient (Wildman–Crippen LogP) is 2.80. The number of hydrogen-bond acceptors (Lipinski definition) is 2. The largest absolute Gasteiger partial charge is 0.493 e. The van der Waals surface area contributed by atoms with Crippen LogP contribution in [0.2, 0.25) is 0 Å². The molecule has 114 valence electrons. The molecule has 2 aromatic rings. The molecule has 1 N–H and O–H groups in total. The van der Waals surface area contributed by atoms with E-state index in [1.54, 1.807) is 0 Å². The van der Waals surface area contributed by atoms with Crippen LogP contribution in [0.1, 0.15) is 34.9 Å². The second kappa shape index (κ2) is 5.52. The van der Waals surface area contributed by atoms with E-state index in [-0.39, 0.29) is 5.91 Å². The second-order valence-corrected chi connectivity index (χ2v) is 6.23. The molecule has 1 saturated carbocycles. The van der Waals surface area contributed by atoms with Crippen molar-refractivity contribution in [2.45, 2.75) is 25.3 Å². The van der Waals surface area contributed by atoms with Crippen LogP contribution in [0.25, 0.3) is 0 Å². The molecule has 0 saturated heterocycles. The third-order valence-corrected chi connectivity index (χ3v) is 4.46. The first kappa shape index (κ1) is 13.4. The Morgan fingerprint density at radius 3 is 2.95 bits per heavy atom. The van der Waals surface area contributed by atoms with Crippen molar-refractivity contribution >= 4 is 5.91 Å². The van der Waals surface area contributed by atoms with E-state index >= 15 is 0 Å². The van der Waals surface area contributed by atoms with Crippen molar-refractivity contribution in [2.75, 3.05) is 13.2 Å². The summed E-state index contributed by atoms with van der Waals surface area (Å²) in [7, 11) is 0. The van der Waals surface area contributed by atoms with E-state index in [4.69, 9.17) is 4.74 Å². The molecule has 4 rings (SSSR count). The summed E-state index contributed by atoms with van der Waals surface area (Å²) in [5, 5.41) is 3.07. The molecule has 0 bridgehead atoms. The van der Waals surface area contributed by atoms with Gasteiger partial charge in [-0.05, 0) is 43.0 Å².